The van der Waals surface area contributed by atoms with Gasteiger partial charge in [0.25, 0.3) is 0 Å². The van der Waals surface area contributed by atoms with Gasteiger partial charge in [-0.2, -0.15) is 0 Å². The molecule has 13 nitrogen and oxygen atoms in total. The Bertz CT molecular complexity index is 2960. The van der Waals surface area contributed by atoms with E-state index >= 15 is 0 Å². The van der Waals surface area contributed by atoms with Gasteiger partial charge in [0.1, 0.15) is 67.8 Å². The van der Waals surface area contributed by atoms with E-state index in [0.717, 1.165) is 51.1 Å². The predicted octanol–water partition coefficient (Wildman–Crippen LogP) is 9.85. The second-order valence-electron chi connectivity index (χ2n) is 20.1. The molecule has 8 aromatic rings. The Morgan fingerprint density at radius 1 is 0.392 bits per heavy atom. The van der Waals surface area contributed by atoms with Gasteiger partial charge in [0.15, 0.2) is 12.6 Å². The lowest BCUT2D eigenvalue weighted by molar-refractivity contribution is -0.671. The van der Waals surface area contributed by atoms with Crippen molar-refractivity contribution in [1.82, 2.24) is 4.57 Å². The largest absolute Gasteiger partial charge is 0.385 e. The fourth-order valence-corrected chi connectivity index (χ4v) is 9.90. The highest BCUT2D eigenvalue weighted by molar-refractivity contribution is 5.23. The number of benzene rings is 7. The van der Waals surface area contributed by atoms with Crippen LogP contribution >= 0.6 is 0 Å². The van der Waals surface area contributed by atoms with Crippen LogP contribution in [0, 0.1) is 0 Å². The normalized spacial score (nSPS) is 23.1. The molecule has 3 heterocycles. The van der Waals surface area contributed by atoms with Gasteiger partial charge in [-0.1, -0.05) is 206 Å². The molecule has 2 aliphatic heterocycles. The van der Waals surface area contributed by atoms with Gasteiger partial charge >= 0.3 is 0 Å². The van der Waals surface area contributed by atoms with Crippen LogP contribution in [-0.4, -0.2) is 84.3 Å². The third-order valence-corrected chi connectivity index (χ3v) is 14.1. The molecule has 0 unspecified atom stereocenters. The Morgan fingerprint density at radius 3 is 1.18 bits per heavy atom. The van der Waals surface area contributed by atoms with Crippen LogP contribution in [0.1, 0.15) is 44.5 Å². The Kier molecular flexibility index (Phi) is 20.4. The summed E-state index contributed by atoms with van der Waals surface area (Å²) in [7, 11) is 2.01. The van der Waals surface area contributed by atoms with Crippen molar-refractivity contribution in [1.29, 1.82) is 0 Å². The van der Waals surface area contributed by atoms with E-state index in [1.165, 1.54) is 0 Å². The van der Waals surface area contributed by atoms with Crippen molar-refractivity contribution in [2.24, 2.45) is 7.05 Å². The fourth-order valence-electron chi connectivity index (χ4n) is 9.90. The number of hydrogen-bond donors (Lipinski definition) is 1. The predicted molar refractivity (Wildman–Crippen MR) is 296 cm³/mol. The molecule has 1 aromatic heterocycles. The number of hydrogen-bond acceptors (Lipinski definition) is 11. The topological polar surface area (TPSA) is 121 Å². The first-order valence-electron chi connectivity index (χ1n) is 27.2. The monoisotopic (exact) mass is 1070 g/mol. The van der Waals surface area contributed by atoms with Crippen LogP contribution in [0.15, 0.2) is 225 Å². The minimum Gasteiger partial charge on any atom is -0.385 e. The molecular weight excluding hydrogens is 997 g/mol. The van der Waals surface area contributed by atoms with Gasteiger partial charge < -0.3 is 52.5 Å². The summed E-state index contributed by atoms with van der Waals surface area (Å²) in [5.41, 5.74) is 7.84. The van der Waals surface area contributed by atoms with Crippen LogP contribution in [0.4, 0.5) is 0 Å². The third kappa shape index (κ3) is 16.2. The number of aliphatic hydroxyl groups is 1. The Morgan fingerprint density at radius 2 is 0.747 bits per heavy atom. The van der Waals surface area contributed by atoms with Crippen LogP contribution < -0.4 is 4.57 Å². The first-order valence-corrected chi connectivity index (χ1v) is 27.2. The SMILES string of the molecule is C[n+]1ccn(Cc2ccc(CO[C@H]3O[C@H](COCc4ccccc4)[C@@H](OCc4ccccc4)[C@H](OCc4ccccc4)[C@@H]3O[C@H]3O[C@H](COCc4ccccc4)[C@@H](OCc4ccccc4)[C@H](OCc4ccccc4)[C@@H]3O)cc2)c1. The lowest BCUT2D eigenvalue weighted by Crippen LogP contribution is -2.66. The van der Waals surface area contributed by atoms with Gasteiger partial charge in [0, 0.05) is 0 Å². The lowest BCUT2D eigenvalue weighted by atomic mass is 9.96. The maximum absolute atomic E-state index is 12.9. The van der Waals surface area contributed by atoms with Crippen molar-refractivity contribution >= 4 is 0 Å². The van der Waals surface area contributed by atoms with E-state index in [2.05, 4.69) is 28.8 Å². The molecule has 0 radical (unpaired) electrons. The van der Waals surface area contributed by atoms with Gasteiger partial charge in [-0.25, -0.2) is 9.13 Å². The summed E-state index contributed by atoms with van der Waals surface area (Å²) in [5.74, 6) is 0. The van der Waals surface area contributed by atoms with Crippen molar-refractivity contribution in [3.05, 3.63) is 269 Å². The van der Waals surface area contributed by atoms with Crippen LogP contribution in [0.25, 0.3) is 0 Å². The molecule has 2 fully saturated rings. The minimum absolute atomic E-state index is 0.0869. The molecule has 0 bridgehead atoms. The molecule has 10 rings (SSSR count). The molecule has 2 saturated heterocycles. The van der Waals surface area contributed by atoms with E-state index < -0.39 is 61.4 Å². The summed E-state index contributed by atoms with van der Waals surface area (Å²) in [6, 6.07) is 68.0. The van der Waals surface area contributed by atoms with E-state index in [9.17, 15) is 5.11 Å². The summed E-state index contributed by atoms with van der Waals surface area (Å²) >= 11 is 0. The quantitative estimate of drug-likeness (QED) is 0.0496. The highest BCUT2D eigenvalue weighted by atomic mass is 16.8. The number of ether oxygens (including phenoxy) is 10. The second-order valence-corrected chi connectivity index (χ2v) is 20.1. The summed E-state index contributed by atoms with van der Waals surface area (Å²) in [6.07, 6.45) is -3.68. The number of imidazole rings is 1. The Labute approximate surface area is 463 Å². The molecule has 7 aromatic carbocycles. The molecule has 79 heavy (non-hydrogen) atoms. The minimum atomic E-state index is -1.39. The van der Waals surface area contributed by atoms with E-state index in [-0.39, 0.29) is 46.2 Å². The van der Waals surface area contributed by atoms with E-state index in [0.29, 0.717) is 13.2 Å². The number of aliphatic hydroxyl groups excluding tert-OH is 1. The number of aromatic nitrogens is 2. The van der Waals surface area contributed by atoms with Crippen molar-refractivity contribution in [2.75, 3.05) is 13.2 Å². The molecular formula is C66H71N2O11+. The van der Waals surface area contributed by atoms with Gasteiger partial charge in [-0.3, -0.25) is 0 Å². The van der Waals surface area contributed by atoms with Crippen LogP contribution in [0.2, 0.25) is 0 Å². The summed E-state index contributed by atoms with van der Waals surface area (Å²) in [5, 5.41) is 12.9. The molecule has 0 aliphatic carbocycles. The Hall–Kier alpha value is -6.69. The molecule has 13 heteroatoms. The zero-order valence-electron chi connectivity index (χ0n) is 44.6. The first-order chi connectivity index (χ1) is 39.0. The molecule has 10 atom stereocenters. The standard InChI is InChI=1S/C66H71N2O11/c1-67-36-37-68(48-67)38-49-32-34-56(35-33-49)45-76-66-64(63(75-44-55-30-18-7-19-31-55)61(73-42-53-26-14-5-15-27-53)58(78-66)47-71-40-51-22-10-3-11-23-51)79-65-59(69)62(74-43-54-28-16-6-17-29-54)60(72-41-52-24-12-4-13-25-52)57(77-65)46-70-39-50-20-8-2-9-21-50/h2-37,48,57-66,69H,38-47H2,1H3/q+1/t57-,58-,59+,60-,61-,62-,63+,64+,65-,66+/m1/s1. The van der Waals surface area contributed by atoms with Crippen LogP contribution in [0.3, 0.4) is 0 Å². The van der Waals surface area contributed by atoms with E-state index in [1.807, 2.05) is 212 Å². The molecule has 1 N–H and O–H groups in total. The average Bonchev–Trinajstić information content (AvgIpc) is 4.02. The molecule has 410 valence electrons. The number of aryl methyl sites for hydroxylation is 1. The number of nitrogens with zero attached hydrogens (tertiary/aromatic N) is 2. The second kappa shape index (κ2) is 29.0. The molecule has 0 spiro atoms. The third-order valence-electron chi connectivity index (χ3n) is 14.1. The van der Waals surface area contributed by atoms with Crippen LogP contribution in [-0.2, 0) is 107 Å². The van der Waals surface area contributed by atoms with Crippen LogP contribution in [0.5, 0.6) is 0 Å². The van der Waals surface area contributed by atoms with Crippen molar-refractivity contribution < 1.29 is 57.0 Å². The first kappa shape index (κ1) is 55.6. The zero-order chi connectivity index (χ0) is 53.9. The van der Waals surface area contributed by atoms with Gasteiger partial charge in [0.2, 0.25) is 6.33 Å². The van der Waals surface area contributed by atoms with Gasteiger partial charge in [-0.05, 0) is 44.5 Å². The summed E-state index contributed by atoms with van der Waals surface area (Å²) < 4.78 is 73.0. The van der Waals surface area contributed by atoms with E-state index in [1.54, 1.807) is 0 Å². The maximum Gasteiger partial charge on any atom is 0.243 e. The van der Waals surface area contributed by atoms with Gasteiger partial charge in [0.05, 0.1) is 66.5 Å². The maximum atomic E-state index is 12.9. The Balaban J connectivity index is 0.999. The molecule has 0 amide bonds. The lowest BCUT2D eigenvalue weighted by Gasteiger charge is -2.49. The number of rotatable bonds is 27. The van der Waals surface area contributed by atoms with Crippen molar-refractivity contribution in [2.45, 2.75) is 114 Å². The highest BCUT2D eigenvalue weighted by Crippen LogP contribution is 2.36. The highest BCUT2D eigenvalue weighted by Gasteiger charge is 2.54. The van der Waals surface area contributed by atoms with Gasteiger partial charge in [-0.15, -0.1) is 0 Å². The van der Waals surface area contributed by atoms with Crippen molar-refractivity contribution in [3.8, 4) is 0 Å². The molecule has 2 aliphatic rings. The van der Waals surface area contributed by atoms with Crippen molar-refractivity contribution in [3.63, 3.8) is 0 Å². The summed E-state index contributed by atoms with van der Waals surface area (Å²) in [4.78, 5) is 0. The smallest absolute Gasteiger partial charge is 0.243 e. The summed E-state index contributed by atoms with van der Waals surface area (Å²) in [6.45, 7) is 2.61. The van der Waals surface area contributed by atoms with E-state index in [4.69, 9.17) is 47.4 Å². The fraction of sp³-hybridized carbons (Fsp3) is 0.318. The average molecular weight is 1070 g/mol. The molecule has 0 saturated carbocycles. The zero-order valence-corrected chi connectivity index (χ0v) is 44.6.